The third-order valence-corrected chi connectivity index (χ3v) is 2.94. The fourth-order valence-corrected chi connectivity index (χ4v) is 2.08. The van der Waals surface area contributed by atoms with Gasteiger partial charge in [-0.15, -0.1) is 0 Å². The third-order valence-electron chi connectivity index (χ3n) is 2.94. The third kappa shape index (κ3) is 2.81. The lowest BCUT2D eigenvalue weighted by Crippen LogP contribution is -2.29. The minimum Gasteiger partial charge on any atom is -0.271 e. The Bertz CT molecular complexity index is 494. The number of hydrazine groups is 1. The molecule has 0 saturated heterocycles. The molecule has 1 heterocycles. The Morgan fingerprint density at radius 3 is 2.82 bits per heavy atom. The summed E-state index contributed by atoms with van der Waals surface area (Å²) in [5.74, 6) is 6.24. The van der Waals surface area contributed by atoms with E-state index in [1.807, 2.05) is 12.3 Å². The van der Waals surface area contributed by atoms with Gasteiger partial charge in [-0.05, 0) is 36.1 Å². The number of hydrogen-bond donors (Lipinski definition) is 2. The number of benzene rings is 1. The van der Waals surface area contributed by atoms with Crippen LogP contribution in [0.3, 0.4) is 0 Å². The van der Waals surface area contributed by atoms with E-state index >= 15 is 0 Å². The predicted molar refractivity (Wildman–Crippen MR) is 71.3 cm³/mol. The fraction of sp³-hybridized carbons (Fsp3) is 0.357. The minimum absolute atomic E-state index is 0.208. The van der Waals surface area contributed by atoms with Crippen molar-refractivity contribution in [1.29, 1.82) is 0 Å². The van der Waals surface area contributed by atoms with E-state index < -0.39 is 0 Å². The lowest BCUT2D eigenvalue weighted by atomic mass is 9.96. The highest BCUT2D eigenvalue weighted by Gasteiger charge is 2.11. The van der Waals surface area contributed by atoms with Crippen LogP contribution < -0.4 is 11.3 Å². The summed E-state index contributed by atoms with van der Waals surface area (Å²) in [7, 11) is 0. The van der Waals surface area contributed by atoms with Crippen molar-refractivity contribution in [3.63, 3.8) is 0 Å². The van der Waals surface area contributed by atoms with Crippen molar-refractivity contribution in [3.8, 4) is 0 Å². The Morgan fingerprint density at radius 1 is 1.29 bits per heavy atom. The van der Waals surface area contributed by atoms with Crippen LogP contribution in [-0.2, 0) is 0 Å². The molecule has 0 aliphatic rings. The molecule has 1 aromatic carbocycles. The molecule has 2 rings (SSSR count). The molecule has 1 aromatic heterocycles. The Kier molecular flexibility index (Phi) is 3.71. The van der Waals surface area contributed by atoms with Crippen LogP contribution in [0.25, 0.3) is 10.9 Å². The van der Waals surface area contributed by atoms with E-state index in [-0.39, 0.29) is 6.04 Å². The highest BCUT2D eigenvalue weighted by molar-refractivity contribution is 5.79. The number of rotatable bonds is 4. The standard InChI is InChI=1S/C14H19N3/c1-10(2)8-14(17-15)12-5-6-13-11(9-12)4-3-7-16-13/h3-7,9-10,14,17H,8,15H2,1-2H3. The van der Waals surface area contributed by atoms with E-state index in [0.29, 0.717) is 5.92 Å². The Labute approximate surface area is 102 Å². The maximum atomic E-state index is 5.63. The fourth-order valence-electron chi connectivity index (χ4n) is 2.08. The summed E-state index contributed by atoms with van der Waals surface area (Å²) in [6.45, 7) is 4.40. The second-order valence-corrected chi connectivity index (χ2v) is 4.80. The summed E-state index contributed by atoms with van der Waals surface area (Å²) in [6.07, 6.45) is 2.84. The minimum atomic E-state index is 0.208. The molecule has 0 spiro atoms. The van der Waals surface area contributed by atoms with Crippen LogP contribution in [0, 0.1) is 5.92 Å². The molecule has 1 atom stereocenters. The molecule has 3 heteroatoms. The quantitative estimate of drug-likeness (QED) is 0.626. The SMILES string of the molecule is CC(C)CC(NN)c1ccc2ncccc2c1. The molecule has 0 saturated carbocycles. The molecule has 1 unspecified atom stereocenters. The van der Waals surface area contributed by atoms with Gasteiger partial charge in [-0.25, -0.2) is 0 Å². The van der Waals surface area contributed by atoms with Crippen LogP contribution in [0.4, 0.5) is 0 Å². The predicted octanol–water partition coefficient (Wildman–Crippen LogP) is 2.79. The smallest absolute Gasteiger partial charge is 0.0702 e. The molecule has 17 heavy (non-hydrogen) atoms. The molecule has 0 radical (unpaired) electrons. The van der Waals surface area contributed by atoms with E-state index in [2.05, 4.69) is 48.5 Å². The molecule has 3 nitrogen and oxygen atoms in total. The molecule has 90 valence electrons. The summed E-state index contributed by atoms with van der Waals surface area (Å²) >= 11 is 0. The first kappa shape index (κ1) is 12.0. The Balaban J connectivity index is 2.34. The van der Waals surface area contributed by atoms with Crippen molar-refractivity contribution in [2.75, 3.05) is 0 Å². The zero-order valence-electron chi connectivity index (χ0n) is 10.4. The molecule has 2 aromatic rings. The number of pyridine rings is 1. The molecule has 0 aliphatic heterocycles. The zero-order valence-corrected chi connectivity index (χ0v) is 10.4. The second-order valence-electron chi connectivity index (χ2n) is 4.80. The average molecular weight is 229 g/mol. The van der Waals surface area contributed by atoms with Crippen LogP contribution in [-0.4, -0.2) is 4.98 Å². The first-order valence-electron chi connectivity index (χ1n) is 6.01. The van der Waals surface area contributed by atoms with Crippen LogP contribution in [0.15, 0.2) is 36.5 Å². The van der Waals surface area contributed by atoms with Crippen LogP contribution in [0.1, 0.15) is 31.9 Å². The van der Waals surface area contributed by atoms with Crippen molar-refractivity contribution >= 4 is 10.9 Å². The molecule has 0 bridgehead atoms. The van der Waals surface area contributed by atoms with Crippen molar-refractivity contribution in [1.82, 2.24) is 10.4 Å². The van der Waals surface area contributed by atoms with Crippen LogP contribution >= 0.6 is 0 Å². The number of nitrogens with zero attached hydrogens (tertiary/aromatic N) is 1. The Hall–Kier alpha value is -1.45. The van der Waals surface area contributed by atoms with Gasteiger partial charge in [0, 0.05) is 17.6 Å². The van der Waals surface area contributed by atoms with Crippen molar-refractivity contribution in [2.45, 2.75) is 26.3 Å². The monoisotopic (exact) mass is 229 g/mol. The lowest BCUT2D eigenvalue weighted by Gasteiger charge is -2.18. The van der Waals surface area contributed by atoms with Gasteiger partial charge in [-0.3, -0.25) is 16.3 Å². The van der Waals surface area contributed by atoms with E-state index in [0.717, 1.165) is 17.3 Å². The van der Waals surface area contributed by atoms with Crippen LogP contribution in [0.5, 0.6) is 0 Å². The summed E-state index contributed by atoms with van der Waals surface area (Å²) in [6, 6.07) is 10.6. The molecular formula is C14H19N3. The molecule has 0 amide bonds. The highest BCUT2D eigenvalue weighted by Crippen LogP contribution is 2.23. The molecule has 3 N–H and O–H groups in total. The average Bonchev–Trinajstić information content (AvgIpc) is 2.35. The molecule has 0 fully saturated rings. The lowest BCUT2D eigenvalue weighted by molar-refractivity contribution is 0.438. The van der Waals surface area contributed by atoms with Gasteiger partial charge < -0.3 is 0 Å². The van der Waals surface area contributed by atoms with E-state index in [4.69, 9.17) is 5.84 Å². The van der Waals surface area contributed by atoms with Gasteiger partial charge in [-0.2, -0.15) is 0 Å². The van der Waals surface area contributed by atoms with Crippen molar-refractivity contribution < 1.29 is 0 Å². The van der Waals surface area contributed by atoms with Gasteiger partial charge >= 0.3 is 0 Å². The van der Waals surface area contributed by atoms with E-state index in [1.54, 1.807) is 0 Å². The highest BCUT2D eigenvalue weighted by atomic mass is 15.2. The summed E-state index contributed by atoms with van der Waals surface area (Å²) < 4.78 is 0. The first-order chi connectivity index (χ1) is 8.20. The molecular weight excluding hydrogens is 210 g/mol. The van der Waals surface area contributed by atoms with Gasteiger partial charge in [0.2, 0.25) is 0 Å². The van der Waals surface area contributed by atoms with E-state index in [9.17, 15) is 0 Å². The second kappa shape index (κ2) is 5.25. The van der Waals surface area contributed by atoms with Gasteiger partial charge in [0.05, 0.1) is 5.52 Å². The zero-order chi connectivity index (χ0) is 12.3. The van der Waals surface area contributed by atoms with Gasteiger partial charge in [-0.1, -0.05) is 26.0 Å². The maximum Gasteiger partial charge on any atom is 0.0702 e. The largest absolute Gasteiger partial charge is 0.271 e. The Morgan fingerprint density at radius 2 is 2.12 bits per heavy atom. The first-order valence-corrected chi connectivity index (χ1v) is 6.01. The summed E-state index contributed by atoms with van der Waals surface area (Å²) in [5.41, 5.74) is 5.14. The summed E-state index contributed by atoms with van der Waals surface area (Å²) in [5, 5.41) is 1.16. The van der Waals surface area contributed by atoms with E-state index in [1.165, 1.54) is 5.56 Å². The number of nitrogens with one attached hydrogen (secondary N) is 1. The maximum absolute atomic E-state index is 5.63. The number of nitrogens with two attached hydrogens (primary N) is 1. The van der Waals surface area contributed by atoms with Gasteiger partial charge in [0.1, 0.15) is 0 Å². The van der Waals surface area contributed by atoms with Gasteiger partial charge in [0.15, 0.2) is 0 Å². The summed E-state index contributed by atoms with van der Waals surface area (Å²) in [4.78, 5) is 4.32. The van der Waals surface area contributed by atoms with Crippen LogP contribution in [0.2, 0.25) is 0 Å². The number of fused-ring (bicyclic) bond motifs is 1. The molecule has 0 aliphatic carbocycles. The number of hydrogen-bond acceptors (Lipinski definition) is 3. The normalized spacial score (nSPS) is 13.2. The van der Waals surface area contributed by atoms with Gasteiger partial charge in [0.25, 0.3) is 0 Å². The topological polar surface area (TPSA) is 50.9 Å². The van der Waals surface area contributed by atoms with Crippen molar-refractivity contribution in [2.24, 2.45) is 11.8 Å². The number of aromatic nitrogens is 1. The van der Waals surface area contributed by atoms with Crippen molar-refractivity contribution in [3.05, 3.63) is 42.1 Å².